The van der Waals surface area contributed by atoms with E-state index in [0.717, 1.165) is 42.5 Å². The average molecular weight is 654 g/mol. The highest BCUT2D eigenvalue weighted by Crippen LogP contribution is 2.32. The number of piperidine rings is 1. The van der Waals surface area contributed by atoms with E-state index in [1.807, 2.05) is 49.9 Å². The van der Waals surface area contributed by atoms with Gasteiger partial charge in [-0.3, -0.25) is 4.79 Å². The van der Waals surface area contributed by atoms with Crippen molar-refractivity contribution in [2.75, 3.05) is 26.8 Å². The molecule has 0 bridgehead atoms. The summed E-state index contributed by atoms with van der Waals surface area (Å²) in [6.07, 6.45) is 2.89. The van der Waals surface area contributed by atoms with E-state index in [9.17, 15) is 19.5 Å². The van der Waals surface area contributed by atoms with Gasteiger partial charge in [0.25, 0.3) is 0 Å². The maximum Gasteiger partial charge on any atom is 0.407 e. The van der Waals surface area contributed by atoms with E-state index in [1.54, 1.807) is 31.4 Å². The maximum absolute atomic E-state index is 13.9. The van der Waals surface area contributed by atoms with Crippen molar-refractivity contribution in [2.45, 2.75) is 77.0 Å². The second kappa shape index (κ2) is 15.5. The van der Waals surface area contributed by atoms with Gasteiger partial charge in [0, 0.05) is 62.9 Å². The highest BCUT2D eigenvalue weighted by Gasteiger charge is 2.30. The molecular formula is C39H47N3O6. The number of amides is 2. The molecule has 2 N–H and O–H groups in total. The third kappa shape index (κ3) is 9.04. The fourth-order valence-corrected chi connectivity index (χ4v) is 6.54. The van der Waals surface area contributed by atoms with Crippen LogP contribution in [0.3, 0.4) is 0 Å². The van der Waals surface area contributed by atoms with Gasteiger partial charge < -0.3 is 29.4 Å². The monoisotopic (exact) mass is 653 g/mol. The van der Waals surface area contributed by atoms with Crippen LogP contribution in [-0.2, 0) is 27.2 Å². The largest absolute Gasteiger partial charge is 0.478 e. The topological polar surface area (TPSA) is 110 Å². The molecule has 48 heavy (non-hydrogen) atoms. The van der Waals surface area contributed by atoms with Gasteiger partial charge in [-0.25, -0.2) is 9.59 Å². The number of aromatic carboxylic acids is 1. The molecule has 1 aliphatic rings. The third-order valence-corrected chi connectivity index (χ3v) is 8.81. The highest BCUT2D eigenvalue weighted by atomic mass is 16.6. The van der Waals surface area contributed by atoms with Gasteiger partial charge in [0.1, 0.15) is 5.60 Å². The molecule has 1 aliphatic heterocycles. The molecule has 2 amide bonds. The van der Waals surface area contributed by atoms with Crippen LogP contribution in [0.15, 0.2) is 78.9 Å². The summed E-state index contributed by atoms with van der Waals surface area (Å²) in [6.45, 7) is 8.32. The molecule has 1 aromatic heterocycles. The molecule has 0 aliphatic carbocycles. The smallest absolute Gasteiger partial charge is 0.407 e. The molecule has 1 fully saturated rings. The van der Waals surface area contributed by atoms with Crippen molar-refractivity contribution in [3.05, 3.63) is 95.7 Å². The van der Waals surface area contributed by atoms with Crippen LogP contribution in [0.4, 0.5) is 4.79 Å². The number of aromatic nitrogens is 1. The molecule has 254 valence electrons. The summed E-state index contributed by atoms with van der Waals surface area (Å²) >= 11 is 0. The lowest BCUT2D eigenvalue weighted by molar-refractivity contribution is -0.132. The van der Waals surface area contributed by atoms with Crippen molar-refractivity contribution >= 4 is 28.9 Å². The predicted molar refractivity (Wildman–Crippen MR) is 187 cm³/mol. The van der Waals surface area contributed by atoms with Crippen LogP contribution in [0.2, 0.25) is 0 Å². The molecule has 2 heterocycles. The van der Waals surface area contributed by atoms with Crippen LogP contribution in [0.5, 0.6) is 0 Å². The second-order valence-corrected chi connectivity index (χ2v) is 13.6. The summed E-state index contributed by atoms with van der Waals surface area (Å²) in [6, 6.07) is 24.9. The molecule has 0 radical (unpaired) electrons. The Kier molecular flexibility index (Phi) is 11.2. The minimum Gasteiger partial charge on any atom is -0.478 e. The SMILES string of the molecule is COCCCn1c(C2CCCN(C(=O)C[C@@H](Cc3ccc(-c4ccc(C(=O)O)cc4)cc3)NC(=O)OC(C)(C)C)C2)cc2ccccc21. The molecule has 9 heteroatoms. The normalized spacial score (nSPS) is 15.7. The van der Waals surface area contributed by atoms with Crippen LogP contribution in [0.25, 0.3) is 22.0 Å². The fourth-order valence-electron chi connectivity index (χ4n) is 6.54. The Bertz CT molecular complexity index is 1700. The Morgan fingerprint density at radius 2 is 1.67 bits per heavy atom. The molecular weight excluding hydrogens is 606 g/mol. The lowest BCUT2D eigenvalue weighted by Gasteiger charge is -2.34. The lowest BCUT2D eigenvalue weighted by atomic mass is 9.93. The minimum absolute atomic E-state index is 0.0120. The number of nitrogens with zero attached hydrogens (tertiary/aromatic N) is 2. The van der Waals surface area contributed by atoms with Gasteiger partial charge in [-0.15, -0.1) is 0 Å². The summed E-state index contributed by atoms with van der Waals surface area (Å²) in [7, 11) is 1.73. The summed E-state index contributed by atoms with van der Waals surface area (Å²) < 4.78 is 13.3. The van der Waals surface area contributed by atoms with Crippen LogP contribution < -0.4 is 5.32 Å². The number of hydrogen-bond acceptors (Lipinski definition) is 5. The Morgan fingerprint density at radius 1 is 0.979 bits per heavy atom. The first kappa shape index (κ1) is 34.7. The van der Waals surface area contributed by atoms with Crippen molar-refractivity contribution in [1.29, 1.82) is 0 Å². The lowest BCUT2D eigenvalue weighted by Crippen LogP contribution is -2.46. The zero-order chi connectivity index (χ0) is 34.3. The zero-order valence-electron chi connectivity index (χ0n) is 28.4. The Balaban J connectivity index is 1.30. The summed E-state index contributed by atoms with van der Waals surface area (Å²) in [5.74, 6) is -0.735. The zero-order valence-corrected chi connectivity index (χ0v) is 28.4. The number of hydrogen-bond donors (Lipinski definition) is 2. The molecule has 1 saturated heterocycles. The van der Waals surface area contributed by atoms with Gasteiger partial charge in [0.05, 0.1) is 5.56 Å². The molecule has 2 atom stereocenters. The van der Waals surface area contributed by atoms with E-state index in [4.69, 9.17) is 9.47 Å². The average Bonchev–Trinajstić information content (AvgIpc) is 3.43. The number of carboxylic acids is 1. The number of carbonyl (C=O) groups is 3. The molecule has 3 aromatic carbocycles. The number of carboxylic acid groups (broad SMARTS) is 1. The van der Waals surface area contributed by atoms with Gasteiger partial charge in [0.15, 0.2) is 0 Å². The molecule has 9 nitrogen and oxygen atoms in total. The molecule has 1 unspecified atom stereocenters. The van der Waals surface area contributed by atoms with E-state index in [-0.39, 0.29) is 23.8 Å². The van der Waals surface area contributed by atoms with E-state index in [1.165, 1.54) is 16.6 Å². The minimum atomic E-state index is -0.962. The van der Waals surface area contributed by atoms with Gasteiger partial charge in [-0.05, 0) is 92.8 Å². The second-order valence-electron chi connectivity index (χ2n) is 13.6. The Morgan fingerprint density at radius 3 is 2.33 bits per heavy atom. The van der Waals surface area contributed by atoms with E-state index >= 15 is 0 Å². The molecule has 4 aromatic rings. The molecule has 0 spiro atoms. The first-order valence-corrected chi connectivity index (χ1v) is 16.8. The number of rotatable bonds is 12. The Labute approximate surface area is 282 Å². The number of aryl methyl sites for hydroxylation is 1. The predicted octanol–water partition coefficient (Wildman–Crippen LogP) is 7.28. The number of ether oxygens (including phenoxy) is 2. The summed E-state index contributed by atoms with van der Waals surface area (Å²) in [5.41, 5.74) is 4.85. The number of alkyl carbamates (subject to hydrolysis) is 1. The number of nitrogens with one attached hydrogen (secondary N) is 1. The van der Waals surface area contributed by atoms with Crippen LogP contribution >= 0.6 is 0 Å². The quantitative estimate of drug-likeness (QED) is 0.156. The fraction of sp³-hybridized carbons (Fsp3) is 0.410. The summed E-state index contributed by atoms with van der Waals surface area (Å²) in [5, 5.41) is 13.4. The van der Waals surface area contributed by atoms with Gasteiger partial charge in [-0.2, -0.15) is 0 Å². The van der Waals surface area contributed by atoms with Crippen molar-refractivity contribution in [2.24, 2.45) is 0 Å². The molecule has 5 rings (SSSR count). The van der Waals surface area contributed by atoms with E-state index < -0.39 is 23.7 Å². The van der Waals surface area contributed by atoms with Gasteiger partial charge >= 0.3 is 12.1 Å². The van der Waals surface area contributed by atoms with Crippen molar-refractivity contribution < 1.29 is 29.0 Å². The van der Waals surface area contributed by atoms with Crippen molar-refractivity contribution in [3.63, 3.8) is 0 Å². The number of benzene rings is 3. The van der Waals surface area contributed by atoms with Crippen LogP contribution in [-0.4, -0.2) is 71.0 Å². The first-order chi connectivity index (χ1) is 23.0. The van der Waals surface area contributed by atoms with Gasteiger partial charge in [0.2, 0.25) is 5.91 Å². The molecule has 0 saturated carbocycles. The van der Waals surface area contributed by atoms with E-state index in [2.05, 4.69) is 40.2 Å². The Hall–Kier alpha value is -4.63. The number of likely N-dealkylation sites (tertiary alicyclic amines) is 1. The highest BCUT2D eigenvalue weighted by molar-refractivity contribution is 5.88. The van der Waals surface area contributed by atoms with Crippen LogP contribution in [0, 0.1) is 0 Å². The number of fused-ring (bicyclic) bond motifs is 1. The van der Waals surface area contributed by atoms with Crippen LogP contribution in [0.1, 0.15) is 74.0 Å². The maximum atomic E-state index is 13.9. The van der Waals surface area contributed by atoms with E-state index in [0.29, 0.717) is 26.1 Å². The van der Waals surface area contributed by atoms with Crippen molar-refractivity contribution in [3.8, 4) is 11.1 Å². The standard InChI is InChI=1S/C39H47N3O6/c1-39(2,3)48-38(46)40-33(23-27-12-14-28(15-13-27)29-16-18-30(19-17-29)37(44)45)25-36(43)41-20-7-10-32(26-41)35-24-31-9-5-6-11-34(31)42(35)21-8-22-47-4/h5-6,9,11-19,24,32-33H,7-8,10,20-23,25-26H2,1-4H3,(H,40,46)(H,44,45)/t32?,33-/m1/s1. The van der Waals surface area contributed by atoms with Gasteiger partial charge in [-0.1, -0.05) is 54.6 Å². The summed E-state index contributed by atoms with van der Waals surface area (Å²) in [4.78, 5) is 40.0. The number of para-hydroxylation sites is 1. The number of methoxy groups -OCH3 is 1. The third-order valence-electron chi connectivity index (χ3n) is 8.81. The van der Waals surface area contributed by atoms with Crippen molar-refractivity contribution in [1.82, 2.24) is 14.8 Å². The number of carbonyl (C=O) groups excluding carboxylic acids is 2. The first-order valence-electron chi connectivity index (χ1n) is 16.8.